The molecular weight excluding hydrogens is 362 g/mol. The summed E-state index contributed by atoms with van der Waals surface area (Å²) in [5.74, 6) is 1.14. The monoisotopic (exact) mass is 387 g/mol. The molecule has 2 amide bonds. The first-order chi connectivity index (χ1) is 14.2. The molecule has 148 valence electrons. The number of allylic oxidation sites excluding steroid dienone is 3. The first-order valence-corrected chi connectivity index (χ1v) is 10.7. The highest BCUT2D eigenvalue weighted by Gasteiger charge is 2.60. The van der Waals surface area contributed by atoms with Gasteiger partial charge in [-0.05, 0) is 60.1 Å². The summed E-state index contributed by atoms with van der Waals surface area (Å²) in [5.41, 5.74) is 1.93. The predicted octanol–water partition coefficient (Wildman–Crippen LogP) is 3.76. The van der Waals surface area contributed by atoms with Crippen molar-refractivity contribution in [2.45, 2.75) is 18.9 Å². The zero-order chi connectivity index (χ0) is 19.7. The quantitative estimate of drug-likeness (QED) is 0.573. The Morgan fingerprint density at radius 1 is 1.07 bits per heavy atom. The summed E-state index contributed by atoms with van der Waals surface area (Å²) in [6, 6.07) is 9.38. The van der Waals surface area contributed by atoms with Crippen LogP contribution in [0.15, 0.2) is 66.8 Å². The second kappa shape index (κ2) is 6.27. The third kappa shape index (κ3) is 2.29. The van der Waals surface area contributed by atoms with Crippen LogP contribution in [0, 0.1) is 41.4 Å². The van der Waals surface area contributed by atoms with Gasteiger partial charge in [0.25, 0.3) is 0 Å². The number of nitrogens with zero attached hydrogens (tertiary/aromatic N) is 1. The van der Waals surface area contributed by atoms with Crippen molar-refractivity contribution in [1.82, 2.24) is 0 Å². The van der Waals surface area contributed by atoms with Crippen molar-refractivity contribution in [3.05, 3.63) is 66.8 Å². The van der Waals surface area contributed by atoms with Crippen LogP contribution in [0.2, 0.25) is 0 Å². The Morgan fingerprint density at radius 2 is 1.90 bits per heavy atom. The Balaban J connectivity index is 1.42. The molecule has 29 heavy (non-hydrogen) atoms. The Bertz CT molecular complexity index is 948. The molecule has 0 bridgehead atoms. The van der Waals surface area contributed by atoms with Crippen LogP contribution >= 0.6 is 0 Å². The summed E-state index contributed by atoms with van der Waals surface area (Å²) in [5, 5.41) is 0. The minimum atomic E-state index is -0.264. The fourth-order valence-corrected chi connectivity index (χ4v) is 6.87. The fraction of sp³-hybridized carbons (Fsp3) is 0.440. The molecule has 0 spiro atoms. The minimum Gasteiger partial charge on any atom is -0.369 e. The normalized spacial score (nSPS) is 42.2. The molecule has 2 aliphatic heterocycles. The molecule has 3 aliphatic carbocycles. The van der Waals surface area contributed by atoms with Crippen LogP contribution in [-0.4, -0.2) is 24.5 Å². The van der Waals surface area contributed by atoms with Crippen LogP contribution in [0.25, 0.3) is 0 Å². The molecule has 0 N–H and O–H groups in total. The number of imide groups is 1. The predicted molar refractivity (Wildman–Crippen MR) is 110 cm³/mol. The van der Waals surface area contributed by atoms with Crippen LogP contribution in [0.4, 0.5) is 5.69 Å². The average molecular weight is 387 g/mol. The Morgan fingerprint density at radius 3 is 2.69 bits per heavy atom. The molecule has 8 atom stereocenters. The van der Waals surface area contributed by atoms with E-state index in [1.165, 1.54) is 10.5 Å². The lowest BCUT2D eigenvalue weighted by atomic mass is 9.65. The highest BCUT2D eigenvalue weighted by atomic mass is 16.5. The second-order valence-corrected chi connectivity index (χ2v) is 9.13. The number of carbonyl (C=O) groups is 2. The number of amides is 2. The number of benzene rings is 1. The molecule has 0 radical (unpaired) electrons. The van der Waals surface area contributed by atoms with Gasteiger partial charge in [-0.1, -0.05) is 42.5 Å². The van der Waals surface area contributed by atoms with Crippen molar-refractivity contribution in [1.29, 1.82) is 0 Å². The summed E-state index contributed by atoms with van der Waals surface area (Å²) in [4.78, 5) is 28.4. The molecule has 1 aromatic rings. The van der Waals surface area contributed by atoms with Gasteiger partial charge >= 0.3 is 0 Å². The molecular formula is C25H25NO3. The third-order valence-electron chi connectivity index (χ3n) is 8.03. The molecule has 5 aliphatic rings. The van der Waals surface area contributed by atoms with Gasteiger partial charge in [-0.15, -0.1) is 6.58 Å². The summed E-state index contributed by atoms with van der Waals surface area (Å²) in [6.07, 6.45) is 10.6. The van der Waals surface area contributed by atoms with Gasteiger partial charge in [0.05, 0.1) is 30.2 Å². The highest BCUT2D eigenvalue weighted by molar-refractivity contribution is 6.22. The summed E-state index contributed by atoms with van der Waals surface area (Å²) < 4.78 is 6.29. The largest absolute Gasteiger partial charge is 0.369 e. The summed E-state index contributed by atoms with van der Waals surface area (Å²) >= 11 is 0. The lowest BCUT2D eigenvalue weighted by Gasteiger charge is -2.36. The molecule has 2 heterocycles. The summed E-state index contributed by atoms with van der Waals surface area (Å²) in [7, 11) is 0. The van der Waals surface area contributed by atoms with Crippen molar-refractivity contribution in [2.24, 2.45) is 41.4 Å². The van der Waals surface area contributed by atoms with Crippen LogP contribution in [0.3, 0.4) is 0 Å². The molecule has 4 heteroatoms. The average Bonchev–Trinajstić information content (AvgIpc) is 3.35. The Hall–Kier alpha value is -2.46. The smallest absolute Gasteiger partial charge is 0.238 e. The van der Waals surface area contributed by atoms with Crippen molar-refractivity contribution < 1.29 is 14.3 Å². The lowest BCUT2D eigenvalue weighted by Crippen LogP contribution is -2.38. The van der Waals surface area contributed by atoms with Gasteiger partial charge in [0.2, 0.25) is 11.8 Å². The van der Waals surface area contributed by atoms with Gasteiger partial charge in [0.15, 0.2) is 0 Å². The van der Waals surface area contributed by atoms with E-state index in [2.05, 4.69) is 30.9 Å². The maximum Gasteiger partial charge on any atom is 0.238 e. The first-order valence-electron chi connectivity index (χ1n) is 10.7. The van der Waals surface area contributed by atoms with Gasteiger partial charge in [0, 0.05) is 0 Å². The van der Waals surface area contributed by atoms with E-state index in [-0.39, 0.29) is 35.7 Å². The number of ether oxygens (including phenoxy) is 1. The highest BCUT2D eigenvalue weighted by Crippen LogP contribution is 2.59. The van der Waals surface area contributed by atoms with E-state index in [4.69, 9.17) is 4.74 Å². The number of anilines is 1. The zero-order valence-electron chi connectivity index (χ0n) is 16.3. The van der Waals surface area contributed by atoms with E-state index in [1.54, 1.807) is 0 Å². The SMILES string of the molecule is C=C[C@H]1C[C@H]2[C@H]3C(=CC[C@H]4C(=O)N(c5ccccc5)C(=O)[C@@H]34)CO[C@@H]3C=C[C@@H]1[C@@H]23. The zero-order valence-corrected chi connectivity index (χ0v) is 16.3. The summed E-state index contributed by atoms with van der Waals surface area (Å²) in [6.45, 7) is 4.65. The van der Waals surface area contributed by atoms with E-state index in [0.717, 1.165) is 6.42 Å². The van der Waals surface area contributed by atoms with Gasteiger partial charge < -0.3 is 4.74 Å². The third-order valence-corrected chi connectivity index (χ3v) is 8.03. The van der Waals surface area contributed by atoms with E-state index in [1.807, 2.05) is 30.3 Å². The van der Waals surface area contributed by atoms with E-state index >= 15 is 0 Å². The number of carbonyl (C=O) groups excluding carboxylic acids is 2. The number of hydrogen-bond acceptors (Lipinski definition) is 3. The van der Waals surface area contributed by atoms with Gasteiger partial charge in [-0.25, -0.2) is 0 Å². The van der Waals surface area contributed by atoms with Crippen molar-refractivity contribution in [2.75, 3.05) is 11.5 Å². The molecule has 0 aromatic heterocycles. The Labute approximate surface area is 170 Å². The number of para-hydroxylation sites is 1. The first kappa shape index (κ1) is 17.4. The van der Waals surface area contributed by atoms with Crippen molar-refractivity contribution >= 4 is 17.5 Å². The van der Waals surface area contributed by atoms with E-state index in [9.17, 15) is 9.59 Å². The van der Waals surface area contributed by atoms with E-state index < -0.39 is 0 Å². The molecule has 1 aromatic carbocycles. The van der Waals surface area contributed by atoms with Crippen LogP contribution in [0.5, 0.6) is 0 Å². The number of fused-ring (bicyclic) bond motifs is 4. The minimum absolute atomic E-state index is 0.0233. The number of rotatable bonds is 2. The molecule has 0 unspecified atom stereocenters. The lowest BCUT2D eigenvalue weighted by molar-refractivity contribution is -0.123. The second-order valence-electron chi connectivity index (χ2n) is 9.13. The van der Waals surface area contributed by atoms with Crippen LogP contribution < -0.4 is 4.90 Å². The van der Waals surface area contributed by atoms with Gasteiger partial charge in [-0.2, -0.15) is 0 Å². The van der Waals surface area contributed by atoms with E-state index in [0.29, 0.717) is 42.4 Å². The molecule has 1 saturated carbocycles. The molecule has 4 nitrogen and oxygen atoms in total. The van der Waals surface area contributed by atoms with Gasteiger partial charge in [-0.3, -0.25) is 14.5 Å². The standard InChI is InChI=1S/C25H25NO3/c1-2-14-12-19-21-15(13-29-20-11-10-17(14)22(19)20)8-9-18-23(21)25(28)26(24(18)27)16-6-4-3-5-7-16/h2-8,10-11,14,17-23H,1,9,12-13H2/t14-,17-,18+,19-,20+,21+,22-,23+/m0/s1. The van der Waals surface area contributed by atoms with Crippen LogP contribution in [0.1, 0.15) is 12.8 Å². The molecule has 3 fully saturated rings. The Kier molecular flexibility index (Phi) is 3.76. The van der Waals surface area contributed by atoms with Crippen LogP contribution in [-0.2, 0) is 14.3 Å². The maximum absolute atomic E-state index is 13.6. The van der Waals surface area contributed by atoms with Gasteiger partial charge in [0.1, 0.15) is 0 Å². The van der Waals surface area contributed by atoms with Crippen molar-refractivity contribution in [3.8, 4) is 0 Å². The van der Waals surface area contributed by atoms with Crippen molar-refractivity contribution in [3.63, 3.8) is 0 Å². The molecule has 2 saturated heterocycles. The number of hydrogen-bond donors (Lipinski definition) is 0. The fourth-order valence-electron chi connectivity index (χ4n) is 6.87. The topological polar surface area (TPSA) is 46.6 Å². The molecule has 6 rings (SSSR count). The maximum atomic E-state index is 13.6.